The highest BCUT2D eigenvalue weighted by Gasteiger charge is 2.18. The largest absolute Gasteiger partial charge is 0.334 e. The number of aryl methyl sites for hydroxylation is 1. The van der Waals surface area contributed by atoms with Crippen molar-refractivity contribution >= 4 is 0 Å². The van der Waals surface area contributed by atoms with Crippen LogP contribution < -0.4 is 5.73 Å². The van der Waals surface area contributed by atoms with E-state index in [1.807, 2.05) is 6.07 Å². The lowest BCUT2D eigenvalue weighted by molar-refractivity contribution is 0.424. The molecule has 1 unspecified atom stereocenters. The van der Waals surface area contributed by atoms with Gasteiger partial charge >= 0.3 is 0 Å². The van der Waals surface area contributed by atoms with Gasteiger partial charge in [-0.25, -0.2) is 4.39 Å². The predicted octanol–water partition coefficient (Wildman–Crippen LogP) is 3.80. The van der Waals surface area contributed by atoms with E-state index in [1.165, 1.54) is 23.3 Å². The average Bonchev–Trinajstić information content (AvgIpc) is 3.05. The van der Waals surface area contributed by atoms with E-state index in [0.717, 1.165) is 30.4 Å². The highest BCUT2D eigenvalue weighted by molar-refractivity contribution is 5.56. The van der Waals surface area contributed by atoms with Crippen LogP contribution in [0.1, 0.15) is 41.4 Å². The van der Waals surface area contributed by atoms with Crippen LogP contribution in [0.5, 0.6) is 0 Å². The fraction of sp³-hybridized carbons (Fsp3) is 0.263. The second-order valence-electron chi connectivity index (χ2n) is 6.23. The normalized spacial score (nSPS) is 16.8. The second kappa shape index (κ2) is 6.17. The molecule has 3 aromatic rings. The molecule has 0 radical (unpaired) electrons. The van der Waals surface area contributed by atoms with Gasteiger partial charge in [-0.15, -0.1) is 0 Å². The van der Waals surface area contributed by atoms with E-state index in [1.54, 1.807) is 12.1 Å². The van der Waals surface area contributed by atoms with Crippen molar-refractivity contribution in [1.82, 2.24) is 10.1 Å². The molecule has 1 heterocycles. The van der Waals surface area contributed by atoms with E-state index in [9.17, 15) is 4.39 Å². The summed E-state index contributed by atoms with van der Waals surface area (Å²) >= 11 is 0. The van der Waals surface area contributed by atoms with E-state index < -0.39 is 0 Å². The van der Waals surface area contributed by atoms with Crippen LogP contribution in [0.2, 0.25) is 0 Å². The maximum atomic E-state index is 13.0. The van der Waals surface area contributed by atoms with E-state index in [-0.39, 0.29) is 11.9 Å². The number of hydrogen-bond donors (Lipinski definition) is 1. The molecule has 0 saturated carbocycles. The number of hydrogen-bond acceptors (Lipinski definition) is 4. The molecule has 0 saturated heterocycles. The van der Waals surface area contributed by atoms with Crippen LogP contribution in [0, 0.1) is 5.82 Å². The Morgan fingerprint density at radius 2 is 2.00 bits per heavy atom. The van der Waals surface area contributed by atoms with E-state index in [4.69, 9.17) is 10.3 Å². The summed E-state index contributed by atoms with van der Waals surface area (Å²) in [6.45, 7) is 0. The molecule has 0 fully saturated rings. The van der Waals surface area contributed by atoms with Crippen molar-refractivity contribution in [3.63, 3.8) is 0 Å². The van der Waals surface area contributed by atoms with E-state index >= 15 is 0 Å². The van der Waals surface area contributed by atoms with Crippen LogP contribution in [0.25, 0.3) is 11.5 Å². The van der Waals surface area contributed by atoms with Crippen molar-refractivity contribution in [2.45, 2.75) is 31.7 Å². The minimum absolute atomic E-state index is 0.125. The van der Waals surface area contributed by atoms with Gasteiger partial charge in [0.25, 0.3) is 5.89 Å². The minimum atomic E-state index is -0.250. The molecule has 122 valence electrons. The van der Waals surface area contributed by atoms with Crippen LogP contribution in [0.4, 0.5) is 4.39 Å². The number of nitrogens with zero attached hydrogens (tertiary/aromatic N) is 2. The minimum Gasteiger partial charge on any atom is -0.334 e. The molecule has 0 aliphatic heterocycles. The highest BCUT2D eigenvalue weighted by Crippen LogP contribution is 2.31. The van der Waals surface area contributed by atoms with Crippen molar-refractivity contribution in [3.05, 3.63) is 70.8 Å². The van der Waals surface area contributed by atoms with Gasteiger partial charge in [-0.1, -0.05) is 23.4 Å². The topological polar surface area (TPSA) is 64.9 Å². The molecule has 4 nitrogen and oxygen atoms in total. The first-order valence-corrected chi connectivity index (χ1v) is 8.15. The van der Waals surface area contributed by atoms with Gasteiger partial charge < -0.3 is 10.3 Å². The summed E-state index contributed by atoms with van der Waals surface area (Å²) in [5.41, 5.74) is 10.5. The number of rotatable bonds is 3. The Morgan fingerprint density at radius 1 is 1.17 bits per heavy atom. The molecule has 1 atom stereocenters. The zero-order valence-electron chi connectivity index (χ0n) is 13.2. The SMILES string of the molecule is NC1CCCc2cc(-c3nc(Cc4ccc(F)cc4)no3)ccc21. The Morgan fingerprint density at radius 3 is 2.83 bits per heavy atom. The zero-order chi connectivity index (χ0) is 16.5. The number of aromatic nitrogens is 2. The van der Waals surface area contributed by atoms with E-state index in [2.05, 4.69) is 22.3 Å². The van der Waals surface area contributed by atoms with Gasteiger partial charge in [0.1, 0.15) is 5.82 Å². The maximum Gasteiger partial charge on any atom is 0.257 e. The van der Waals surface area contributed by atoms with Crippen molar-refractivity contribution in [2.75, 3.05) is 0 Å². The third-order valence-corrected chi connectivity index (χ3v) is 4.49. The Hall–Kier alpha value is -2.53. The van der Waals surface area contributed by atoms with Crippen molar-refractivity contribution < 1.29 is 8.91 Å². The van der Waals surface area contributed by atoms with Crippen LogP contribution in [-0.2, 0) is 12.8 Å². The molecule has 4 rings (SSSR count). The van der Waals surface area contributed by atoms with Gasteiger partial charge in [0.2, 0.25) is 0 Å². The maximum absolute atomic E-state index is 13.0. The van der Waals surface area contributed by atoms with Crippen molar-refractivity contribution in [3.8, 4) is 11.5 Å². The van der Waals surface area contributed by atoms with Gasteiger partial charge in [-0.2, -0.15) is 4.98 Å². The molecule has 0 amide bonds. The zero-order valence-corrected chi connectivity index (χ0v) is 13.2. The number of fused-ring (bicyclic) bond motifs is 1. The fourth-order valence-electron chi connectivity index (χ4n) is 3.21. The Bertz CT molecular complexity index is 857. The Kier molecular flexibility index (Phi) is 3.86. The molecular weight excluding hydrogens is 305 g/mol. The second-order valence-corrected chi connectivity index (χ2v) is 6.23. The summed E-state index contributed by atoms with van der Waals surface area (Å²) in [4.78, 5) is 4.46. The summed E-state index contributed by atoms with van der Waals surface area (Å²) in [6, 6.07) is 12.6. The summed E-state index contributed by atoms with van der Waals surface area (Å²) in [7, 11) is 0. The van der Waals surface area contributed by atoms with Gasteiger partial charge in [-0.3, -0.25) is 0 Å². The summed E-state index contributed by atoms with van der Waals surface area (Å²) in [6.07, 6.45) is 3.69. The molecule has 24 heavy (non-hydrogen) atoms. The fourth-order valence-corrected chi connectivity index (χ4v) is 3.21. The molecule has 2 N–H and O–H groups in total. The first-order chi connectivity index (χ1) is 11.7. The lowest BCUT2D eigenvalue weighted by Gasteiger charge is -2.22. The first-order valence-electron chi connectivity index (χ1n) is 8.15. The monoisotopic (exact) mass is 323 g/mol. The molecule has 1 aromatic heterocycles. The molecule has 1 aliphatic rings. The molecular formula is C19H18FN3O. The van der Waals surface area contributed by atoms with Crippen LogP contribution in [0.3, 0.4) is 0 Å². The lowest BCUT2D eigenvalue weighted by atomic mass is 9.87. The molecule has 0 bridgehead atoms. The Labute approximate surface area is 139 Å². The van der Waals surface area contributed by atoms with Gasteiger partial charge in [0, 0.05) is 18.0 Å². The standard InChI is InChI=1S/C19H18FN3O/c20-15-7-4-12(5-8-15)10-18-22-19(24-23-18)14-6-9-16-13(11-14)2-1-3-17(16)21/h4-9,11,17H,1-3,10,21H2. The first kappa shape index (κ1) is 15.0. The molecule has 5 heteroatoms. The molecule has 2 aromatic carbocycles. The molecule has 0 spiro atoms. The average molecular weight is 323 g/mol. The predicted molar refractivity (Wildman–Crippen MR) is 88.8 cm³/mol. The third kappa shape index (κ3) is 2.95. The smallest absolute Gasteiger partial charge is 0.257 e. The summed E-state index contributed by atoms with van der Waals surface area (Å²) in [5, 5.41) is 4.03. The highest BCUT2D eigenvalue weighted by atomic mass is 19.1. The summed E-state index contributed by atoms with van der Waals surface area (Å²) in [5.74, 6) is 0.847. The Balaban J connectivity index is 1.57. The van der Waals surface area contributed by atoms with Crippen molar-refractivity contribution in [1.29, 1.82) is 0 Å². The third-order valence-electron chi connectivity index (χ3n) is 4.49. The van der Waals surface area contributed by atoms with Gasteiger partial charge in [-0.05, 0) is 60.2 Å². The summed E-state index contributed by atoms with van der Waals surface area (Å²) < 4.78 is 18.4. The lowest BCUT2D eigenvalue weighted by Crippen LogP contribution is -2.17. The van der Waals surface area contributed by atoms with Crippen LogP contribution >= 0.6 is 0 Å². The number of halogens is 1. The van der Waals surface area contributed by atoms with Crippen LogP contribution in [0.15, 0.2) is 47.0 Å². The van der Waals surface area contributed by atoms with Gasteiger partial charge in [0.05, 0.1) is 0 Å². The quantitative estimate of drug-likeness (QED) is 0.796. The van der Waals surface area contributed by atoms with Crippen LogP contribution in [-0.4, -0.2) is 10.1 Å². The molecule has 1 aliphatic carbocycles. The number of benzene rings is 2. The number of nitrogens with two attached hydrogens (primary N) is 1. The van der Waals surface area contributed by atoms with Gasteiger partial charge in [0.15, 0.2) is 5.82 Å². The van der Waals surface area contributed by atoms with E-state index in [0.29, 0.717) is 18.1 Å². The van der Waals surface area contributed by atoms with Crippen molar-refractivity contribution in [2.24, 2.45) is 5.73 Å².